The normalized spacial score (nSPS) is 12.1. The molecule has 5 nitrogen and oxygen atoms in total. The largest absolute Gasteiger partial charge is 0.478 e. The number of halogens is 1. The van der Waals surface area contributed by atoms with Crippen LogP contribution < -0.4 is 5.32 Å². The molecule has 1 atom stereocenters. The highest BCUT2D eigenvalue weighted by molar-refractivity contribution is 9.10. The van der Waals surface area contributed by atoms with Gasteiger partial charge in [-0.2, -0.15) is 0 Å². The molecule has 2 aromatic rings. The van der Waals surface area contributed by atoms with Crippen molar-refractivity contribution >= 4 is 21.9 Å². The Hall–Kier alpha value is -1.79. The van der Waals surface area contributed by atoms with Crippen LogP contribution in [-0.2, 0) is 6.54 Å². The summed E-state index contributed by atoms with van der Waals surface area (Å²) in [6.07, 6.45) is 2.67. The second-order valence-electron chi connectivity index (χ2n) is 4.34. The van der Waals surface area contributed by atoms with Crippen LogP contribution in [0.25, 0.3) is 0 Å². The highest BCUT2D eigenvalue weighted by atomic mass is 79.9. The summed E-state index contributed by atoms with van der Waals surface area (Å²) in [6, 6.07) is 8.07. The van der Waals surface area contributed by atoms with Crippen molar-refractivity contribution in [1.29, 1.82) is 0 Å². The van der Waals surface area contributed by atoms with Crippen LogP contribution in [0.3, 0.4) is 0 Å². The van der Waals surface area contributed by atoms with Crippen molar-refractivity contribution in [3.63, 3.8) is 0 Å². The van der Waals surface area contributed by atoms with Crippen LogP contribution in [0.5, 0.6) is 0 Å². The molecule has 6 heteroatoms. The number of nitrogens with one attached hydrogen (secondary N) is 1. The Balaban J connectivity index is 2.05. The Morgan fingerprint density at radius 2 is 2.10 bits per heavy atom. The number of aromatic nitrogens is 2. The average molecular weight is 336 g/mol. The topological polar surface area (TPSA) is 75.1 Å². The number of carboxylic acids is 1. The van der Waals surface area contributed by atoms with E-state index in [-0.39, 0.29) is 11.6 Å². The molecule has 1 heterocycles. The van der Waals surface area contributed by atoms with Gasteiger partial charge in [0.25, 0.3) is 0 Å². The van der Waals surface area contributed by atoms with E-state index in [1.807, 2.05) is 31.2 Å². The summed E-state index contributed by atoms with van der Waals surface area (Å²) in [5.41, 5.74) is 1.73. The second kappa shape index (κ2) is 6.58. The third-order valence-corrected chi connectivity index (χ3v) is 3.50. The average Bonchev–Trinajstić information content (AvgIpc) is 2.45. The summed E-state index contributed by atoms with van der Waals surface area (Å²) in [7, 11) is 0. The Morgan fingerprint density at radius 3 is 2.75 bits per heavy atom. The third kappa shape index (κ3) is 3.61. The fourth-order valence-electron chi connectivity index (χ4n) is 1.79. The molecule has 0 aliphatic carbocycles. The van der Waals surface area contributed by atoms with Gasteiger partial charge in [-0.05, 0) is 24.6 Å². The Bertz CT molecular complexity index is 602. The van der Waals surface area contributed by atoms with E-state index in [0.29, 0.717) is 12.2 Å². The van der Waals surface area contributed by atoms with E-state index in [0.717, 1.165) is 10.0 Å². The van der Waals surface area contributed by atoms with Gasteiger partial charge < -0.3 is 10.4 Å². The van der Waals surface area contributed by atoms with Gasteiger partial charge in [0.05, 0.1) is 5.69 Å². The van der Waals surface area contributed by atoms with Crippen LogP contribution in [0.4, 0.5) is 0 Å². The van der Waals surface area contributed by atoms with Crippen LogP contribution >= 0.6 is 15.9 Å². The van der Waals surface area contributed by atoms with Crippen LogP contribution in [0.1, 0.15) is 34.6 Å². The maximum atomic E-state index is 11.1. The van der Waals surface area contributed by atoms with Crippen LogP contribution in [-0.4, -0.2) is 21.0 Å². The Labute approximate surface area is 125 Å². The molecule has 0 aliphatic rings. The molecule has 0 amide bonds. The lowest BCUT2D eigenvalue weighted by atomic mass is 10.1. The quantitative estimate of drug-likeness (QED) is 0.878. The highest BCUT2D eigenvalue weighted by Gasteiger charge is 2.12. The van der Waals surface area contributed by atoms with Crippen molar-refractivity contribution < 1.29 is 9.90 Å². The first kappa shape index (κ1) is 14.6. The van der Waals surface area contributed by atoms with Crippen molar-refractivity contribution in [3.05, 3.63) is 58.1 Å². The van der Waals surface area contributed by atoms with Crippen LogP contribution in [0.15, 0.2) is 41.3 Å². The molecule has 20 heavy (non-hydrogen) atoms. The number of carbonyl (C=O) groups is 1. The predicted octanol–water partition coefficient (Wildman–Crippen LogP) is 2.79. The summed E-state index contributed by atoms with van der Waals surface area (Å²) in [6.45, 7) is 2.40. The van der Waals surface area contributed by atoms with Gasteiger partial charge in [-0.25, -0.2) is 14.8 Å². The van der Waals surface area contributed by atoms with Gasteiger partial charge in [-0.15, -0.1) is 0 Å². The monoisotopic (exact) mass is 335 g/mol. The summed E-state index contributed by atoms with van der Waals surface area (Å²) in [4.78, 5) is 18.8. The zero-order chi connectivity index (χ0) is 14.5. The van der Waals surface area contributed by atoms with Crippen molar-refractivity contribution in [2.75, 3.05) is 0 Å². The maximum absolute atomic E-state index is 11.1. The minimum absolute atomic E-state index is 0.0970. The number of hydrogen-bond donors (Lipinski definition) is 2. The number of rotatable bonds is 5. The third-order valence-electron chi connectivity index (χ3n) is 2.97. The molecule has 0 radical (unpaired) electrons. The molecule has 1 unspecified atom stereocenters. The van der Waals surface area contributed by atoms with E-state index in [2.05, 4.69) is 31.2 Å². The van der Waals surface area contributed by atoms with Crippen molar-refractivity contribution in [3.8, 4) is 0 Å². The van der Waals surface area contributed by atoms with Crippen LogP contribution in [0, 0.1) is 0 Å². The lowest BCUT2D eigenvalue weighted by molar-refractivity contribution is 0.0694. The van der Waals surface area contributed by atoms with Gasteiger partial charge in [0.15, 0.2) is 0 Å². The minimum Gasteiger partial charge on any atom is -0.478 e. The molecule has 1 aromatic carbocycles. The van der Waals surface area contributed by atoms with E-state index in [4.69, 9.17) is 5.11 Å². The van der Waals surface area contributed by atoms with Crippen LogP contribution in [0.2, 0.25) is 0 Å². The second-order valence-corrected chi connectivity index (χ2v) is 5.26. The molecule has 0 spiro atoms. The SMILES string of the molecule is CC(NCc1ncncc1C(=O)O)c1ccc(Br)cc1. The van der Waals surface area contributed by atoms with Crippen molar-refractivity contribution in [2.45, 2.75) is 19.5 Å². The molecule has 0 aliphatic heterocycles. The Morgan fingerprint density at radius 1 is 1.40 bits per heavy atom. The molecule has 104 valence electrons. The summed E-state index contributed by atoms with van der Waals surface area (Å²) in [5, 5.41) is 12.3. The van der Waals surface area contributed by atoms with Gasteiger partial charge >= 0.3 is 5.97 Å². The summed E-state index contributed by atoms with van der Waals surface area (Å²) >= 11 is 3.39. The van der Waals surface area contributed by atoms with E-state index < -0.39 is 5.97 Å². The Kier molecular flexibility index (Phi) is 4.81. The standard InChI is InChI=1S/C14H14BrN3O2/c1-9(10-2-4-11(15)5-3-10)17-7-13-12(14(19)20)6-16-8-18-13/h2-6,8-9,17H,7H2,1H3,(H,19,20). The first-order valence-corrected chi connectivity index (χ1v) is 6.88. The molecular formula is C14H14BrN3O2. The fourth-order valence-corrected chi connectivity index (χ4v) is 2.06. The molecule has 0 saturated carbocycles. The molecule has 0 bridgehead atoms. The molecule has 2 rings (SSSR count). The number of aromatic carboxylic acids is 1. The summed E-state index contributed by atoms with van der Waals surface area (Å²) < 4.78 is 1.03. The first-order chi connectivity index (χ1) is 9.58. The van der Waals surface area contributed by atoms with Gasteiger partial charge in [-0.3, -0.25) is 0 Å². The van der Waals surface area contributed by atoms with Gasteiger partial charge in [0.1, 0.15) is 11.9 Å². The molecule has 0 saturated heterocycles. The van der Waals surface area contributed by atoms with Gasteiger partial charge in [-0.1, -0.05) is 28.1 Å². The summed E-state index contributed by atoms with van der Waals surface area (Å²) in [5.74, 6) is -1.02. The fraction of sp³-hybridized carbons (Fsp3) is 0.214. The zero-order valence-corrected chi connectivity index (χ0v) is 12.5. The maximum Gasteiger partial charge on any atom is 0.339 e. The van der Waals surface area contributed by atoms with Crippen molar-refractivity contribution in [1.82, 2.24) is 15.3 Å². The lowest BCUT2D eigenvalue weighted by Crippen LogP contribution is -2.20. The van der Waals surface area contributed by atoms with Crippen molar-refractivity contribution in [2.24, 2.45) is 0 Å². The molecule has 1 aromatic heterocycles. The number of carboxylic acid groups (broad SMARTS) is 1. The van der Waals surface area contributed by atoms with E-state index in [1.165, 1.54) is 12.5 Å². The zero-order valence-electron chi connectivity index (χ0n) is 10.9. The van der Waals surface area contributed by atoms with E-state index >= 15 is 0 Å². The smallest absolute Gasteiger partial charge is 0.339 e. The predicted molar refractivity (Wildman–Crippen MR) is 78.4 cm³/mol. The lowest BCUT2D eigenvalue weighted by Gasteiger charge is -2.14. The molecule has 0 fully saturated rings. The van der Waals surface area contributed by atoms with Gasteiger partial charge in [0.2, 0.25) is 0 Å². The number of hydrogen-bond acceptors (Lipinski definition) is 4. The first-order valence-electron chi connectivity index (χ1n) is 6.09. The highest BCUT2D eigenvalue weighted by Crippen LogP contribution is 2.17. The molecular weight excluding hydrogens is 322 g/mol. The molecule has 2 N–H and O–H groups in total. The van der Waals surface area contributed by atoms with E-state index in [1.54, 1.807) is 0 Å². The van der Waals surface area contributed by atoms with Gasteiger partial charge in [0, 0.05) is 23.3 Å². The minimum atomic E-state index is -1.02. The number of benzene rings is 1. The van der Waals surface area contributed by atoms with E-state index in [9.17, 15) is 4.79 Å². The number of nitrogens with zero attached hydrogens (tertiary/aromatic N) is 2.